The Kier molecular flexibility index (Phi) is 4.78. The molecule has 1 atom stereocenters. The van der Waals surface area contributed by atoms with Crippen LogP contribution in [-0.4, -0.2) is 29.6 Å². The number of nitrogens with zero attached hydrogens (tertiary/aromatic N) is 1. The van der Waals surface area contributed by atoms with E-state index in [1.165, 1.54) is 0 Å². The monoisotopic (exact) mass is 175 g/mol. The fourth-order valence-electron chi connectivity index (χ4n) is 0.643. The number of aliphatic carboxylic acids is 1. The fraction of sp³-hybridized carbons (Fsp3) is 0.667. The molecule has 0 aliphatic heterocycles. The van der Waals surface area contributed by atoms with E-state index < -0.39 is 12.0 Å². The van der Waals surface area contributed by atoms with Crippen LogP contribution in [0.15, 0.2) is 4.99 Å². The van der Waals surface area contributed by atoms with Gasteiger partial charge >= 0.3 is 5.97 Å². The van der Waals surface area contributed by atoms with Gasteiger partial charge in [-0.25, -0.2) is 0 Å². The summed E-state index contributed by atoms with van der Waals surface area (Å²) in [7, 11) is 0. The lowest BCUT2D eigenvalue weighted by molar-refractivity contribution is -0.138. The molecule has 0 aliphatic carbocycles. The van der Waals surface area contributed by atoms with Crippen LogP contribution in [0.1, 0.15) is 12.8 Å². The molecule has 7 N–H and O–H groups in total. The smallest absolute Gasteiger partial charge is 0.320 e. The van der Waals surface area contributed by atoms with Gasteiger partial charge in [0.2, 0.25) is 0 Å². The zero-order valence-electron chi connectivity index (χ0n) is 6.73. The number of guanidine groups is 1. The van der Waals surface area contributed by atoms with Gasteiger partial charge in [0.25, 0.3) is 0 Å². The second-order valence-electron chi connectivity index (χ2n) is 2.39. The molecule has 12 heavy (non-hydrogen) atoms. The summed E-state index contributed by atoms with van der Waals surface area (Å²) in [5, 5.41) is 8.38. The van der Waals surface area contributed by atoms with Crippen LogP contribution >= 0.6 is 0 Å². The van der Waals surface area contributed by atoms with Crippen molar-refractivity contribution in [2.24, 2.45) is 22.2 Å². The van der Waals surface area contributed by atoms with Gasteiger partial charge in [-0.05, 0) is 12.8 Å². The van der Waals surface area contributed by atoms with Gasteiger partial charge in [-0.2, -0.15) is 0 Å². The average molecular weight is 175 g/mol. The Balaban J connectivity index is 3.44. The summed E-state index contributed by atoms with van der Waals surface area (Å²) < 4.78 is 0. The number of carboxylic acid groups (broad SMARTS) is 1. The van der Waals surface area contributed by atoms with Gasteiger partial charge in [0.05, 0.1) is 0 Å². The number of carbonyl (C=O) groups is 1. The number of carboxylic acids is 1. The molecule has 6 nitrogen and oxygen atoms in total. The number of rotatable bonds is 5. The van der Waals surface area contributed by atoms with Crippen molar-refractivity contribution in [3.05, 3.63) is 0 Å². The second-order valence-corrected chi connectivity index (χ2v) is 2.39. The molecule has 0 spiro atoms. The molecule has 0 saturated heterocycles. The van der Waals surface area contributed by atoms with Gasteiger partial charge in [0, 0.05) is 6.54 Å². The lowest BCUT2D eigenvalue weighted by atomic mass is 10.2. The summed E-state index contributed by atoms with van der Waals surface area (Å²) in [4.78, 5) is 13.9. The average Bonchev–Trinajstić information content (AvgIpc) is 1.97. The van der Waals surface area contributed by atoms with E-state index in [0.717, 1.165) is 0 Å². The quantitative estimate of drug-likeness (QED) is 0.174. The van der Waals surface area contributed by atoms with Crippen molar-refractivity contribution in [1.82, 2.24) is 0 Å². The van der Waals surface area contributed by atoms with Crippen LogP contribution in [-0.2, 0) is 4.79 Å². The molecule has 0 saturated carbocycles. The normalized spacial score (nSPS) is 12.1. The molecule has 6 heteroatoms. The largest absolute Gasteiger partial charge is 0.480 e. The predicted molar refractivity (Wildman–Crippen MR) is 45.5 cm³/mol. The van der Waals surface area contributed by atoms with Crippen molar-refractivity contribution in [1.29, 1.82) is 0 Å². The summed E-state index contributed by atoms with van der Waals surface area (Å²) in [5.41, 5.74) is 15.3. The van der Waals surface area contributed by atoms with Crippen molar-refractivity contribution in [2.75, 3.05) is 6.54 Å². The maximum Gasteiger partial charge on any atom is 0.320 e. The van der Waals surface area contributed by atoms with Crippen LogP contribution in [0.4, 0.5) is 0 Å². The third-order valence-corrected chi connectivity index (χ3v) is 1.28. The minimum absolute atomic E-state index is 0.0129. The topological polar surface area (TPSA) is 128 Å². The number of aliphatic imine (C=N–C) groups is 1. The molecule has 0 radical (unpaired) electrons. The lowest BCUT2D eigenvalue weighted by Crippen LogP contribution is -2.30. The highest BCUT2D eigenvalue weighted by atomic mass is 16.4. The van der Waals surface area contributed by atoms with Gasteiger partial charge in [0.15, 0.2) is 5.96 Å². The maximum atomic E-state index is 10.2. The van der Waals surface area contributed by atoms with Crippen molar-refractivity contribution < 1.29 is 9.90 Å². The molecule has 0 amide bonds. The van der Waals surface area contributed by atoms with Gasteiger partial charge in [0.1, 0.15) is 6.04 Å². The third kappa shape index (κ3) is 5.48. The molecule has 0 fully saturated rings. The highest BCUT2D eigenvalue weighted by Gasteiger charge is 2.09. The summed E-state index contributed by atoms with van der Waals surface area (Å²) in [6.45, 7) is 0.420. The maximum absolute atomic E-state index is 10.2. The first kappa shape index (κ1) is 10.7. The minimum atomic E-state index is -1.00. The Morgan fingerprint density at radius 2 is 2.08 bits per heavy atom. The molecule has 0 aromatic carbocycles. The Bertz CT molecular complexity index is 176. The first-order valence-electron chi connectivity index (χ1n) is 3.58. The summed E-state index contributed by atoms with van der Waals surface area (Å²) in [5.74, 6) is -0.987. The Morgan fingerprint density at radius 1 is 1.50 bits per heavy atom. The molecule has 1 unspecified atom stereocenters. The molecule has 0 aromatic heterocycles. The van der Waals surface area contributed by atoms with Gasteiger partial charge in [-0.1, -0.05) is 0 Å². The summed E-state index contributed by atoms with van der Waals surface area (Å²) >= 11 is 0. The molecule has 0 heterocycles. The second kappa shape index (κ2) is 5.36. The van der Waals surface area contributed by atoms with Crippen LogP contribution in [0.5, 0.6) is 0 Å². The van der Waals surface area contributed by atoms with Gasteiger partial charge in [-0.15, -0.1) is 0 Å². The SMILES string of the molecule is NC(N)=NCCCC([15NH2])C(=O)O. The summed E-state index contributed by atoms with van der Waals surface area (Å²) in [6, 6.07) is -0.820. The summed E-state index contributed by atoms with van der Waals surface area (Å²) in [6.07, 6.45) is 0.956. The van der Waals surface area contributed by atoms with E-state index in [9.17, 15) is 4.79 Å². The van der Waals surface area contributed by atoms with Crippen LogP contribution in [0.3, 0.4) is 0 Å². The van der Waals surface area contributed by atoms with E-state index in [-0.39, 0.29) is 5.96 Å². The van der Waals surface area contributed by atoms with Gasteiger partial charge < -0.3 is 22.3 Å². The zero-order chi connectivity index (χ0) is 9.56. The molecule has 0 aromatic rings. The van der Waals surface area contributed by atoms with Crippen LogP contribution in [0.2, 0.25) is 0 Å². The van der Waals surface area contributed by atoms with E-state index in [0.29, 0.717) is 19.4 Å². The van der Waals surface area contributed by atoms with Crippen molar-refractivity contribution in [2.45, 2.75) is 18.9 Å². The van der Waals surface area contributed by atoms with Crippen LogP contribution in [0.25, 0.3) is 0 Å². The number of nitrogens with two attached hydrogens (primary N) is 3. The first-order valence-corrected chi connectivity index (χ1v) is 3.58. The zero-order valence-corrected chi connectivity index (χ0v) is 6.73. The van der Waals surface area contributed by atoms with E-state index in [1.807, 2.05) is 0 Å². The van der Waals surface area contributed by atoms with Crippen molar-refractivity contribution >= 4 is 11.9 Å². The molecular weight excluding hydrogens is 161 g/mol. The molecule has 70 valence electrons. The molecule has 0 rings (SSSR count). The Morgan fingerprint density at radius 3 is 2.50 bits per heavy atom. The van der Waals surface area contributed by atoms with Crippen LogP contribution < -0.4 is 17.2 Å². The van der Waals surface area contributed by atoms with E-state index in [4.69, 9.17) is 22.3 Å². The standard InChI is InChI=1S/C6H14N4O2/c7-4(5(11)12)2-1-3-10-6(8)9/h4H,1-3,7H2,(H,11,12)(H4,8,9,10)/i7+1. The Hall–Kier alpha value is -1.30. The number of hydrogen-bond acceptors (Lipinski definition) is 3. The van der Waals surface area contributed by atoms with Crippen LogP contribution in [0, 0.1) is 0 Å². The molecule has 0 bridgehead atoms. The lowest BCUT2D eigenvalue weighted by Gasteiger charge is -2.03. The van der Waals surface area contributed by atoms with Gasteiger partial charge in [-0.3, -0.25) is 9.79 Å². The first-order chi connectivity index (χ1) is 5.54. The number of hydrogen-bond donors (Lipinski definition) is 4. The highest BCUT2D eigenvalue weighted by Crippen LogP contribution is 1.94. The van der Waals surface area contributed by atoms with Crippen molar-refractivity contribution in [3.8, 4) is 0 Å². The Labute approximate surface area is 70.4 Å². The van der Waals surface area contributed by atoms with E-state index in [2.05, 4.69) is 4.99 Å². The van der Waals surface area contributed by atoms with E-state index >= 15 is 0 Å². The fourth-order valence-corrected chi connectivity index (χ4v) is 0.643. The van der Waals surface area contributed by atoms with E-state index in [1.54, 1.807) is 0 Å². The molecular formula is C6H14N4O2. The predicted octanol–water partition coefficient (Wildman–Crippen LogP) is -1.55. The minimum Gasteiger partial charge on any atom is -0.480 e. The third-order valence-electron chi connectivity index (χ3n) is 1.28. The highest BCUT2D eigenvalue weighted by molar-refractivity contribution is 5.75. The molecule has 0 aliphatic rings. The van der Waals surface area contributed by atoms with Crippen molar-refractivity contribution in [3.63, 3.8) is 0 Å².